The molecule has 0 aromatic carbocycles. The molecule has 0 amide bonds. The van der Waals surface area contributed by atoms with Gasteiger partial charge in [0.1, 0.15) is 5.69 Å². The number of hydrogen-bond acceptors (Lipinski definition) is 2. The third kappa shape index (κ3) is 3.69. The molecule has 0 aliphatic rings. The number of rotatable bonds is 8. The first-order valence-electron chi connectivity index (χ1n) is 6.80. The fourth-order valence-corrected chi connectivity index (χ4v) is 2.24. The zero-order chi connectivity index (χ0) is 12.7. The minimum Gasteiger partial charge on any atom is -0.292 e. The van der Waals surface area contributed by atoms with Gasteiger partial charge in [-0.1, -0.05) is 33.6 Å². The van der Waals surface area contributed by atoms with Gasteiger partial charge in [0.2, 0.25) is 0 Å². The molecule has 0 atom stereocenters. The molecule has 1 heterocycles. The maximum absolute atomic E-state index is 12.4. The minimum absolute atomic E-state index is 0.178. The molecule has 0 saturated heterocycles. The number of carbonyl (C=O) groups is 1. The quantitative estimate of drug-likeness (QED) is 0.645. The highest BCUT2D eigenvalue weighted by molar-refractivity contribution is 5.96. The van der Waals surface area contributed by atoms with Gasteiger partial charge in [-0.3, -0.25) is 9.48 Å². The van der Waals surface area contributed by atoms with Crippen LogP contribution in [-0.2, 0) is 6.54 Å². The third-order valence-electron chi connectivity index (χ3n) is 3.05. The van der Waals surface area contributed by atoms with Crippen LogP contribution >= 0.6 is 0 Å². The van der Waals surface area contributed by atoms with Crippen LogP contribution in [0.5, 0.6) is 0 Å². The Bertz CT molecular complexity index is 338. The van der Waals surface area contributed by atoms with E-state index in [-0.39, 0.29) is 11.7 Å². The van der Waals surface area contributed by atoms with Gasteiger partial charge < -0.3 is 0 Å². The number of aromatic nitrogens is 2. The highest BCUT2D eigenvalue weighted by atomic mass is 16.1. The Hall–Kier alpha value is -1.12. The second kappa shape index (κ2) is 7.25. The van der Waals surface area contributed by atoms with E-state index in [2.05, 4.69) is 25.9 Å². The first-order chi connectivity index (χ1) is 8.24. The van der Waals surface area contributed by atoms with Crippen molar-refractivity contribution in [2.45, 2.75) is 59.4 Å². The Balaban J connectivity index is 2.80. The van der Waals surface area contributed by atoms with Crippen LogP contribution in [0.2, 0.25) is 0 Å². The number of ketones is 1. The van der Waals surface area contributed by atoms with E-state index in [1.807, 2.05) is 10.7 Å². The topological polar surface area (TPSA) is 34.9 Å². The smallest absolute Gasteiger partial charge is 0.183 e. The molecule has 0 saturated carbocycles. The summed E-state index contributed by atoms with van der Waals surface area (Å²) in [6.45, 7) is 7.21. The number of hydrogen-bond donors (Lipinski definition) is 0. The summed E-state index contributed by atoms with van der Waals surface area (Å²) in [7, 11) is 0. The van der Waals surface area contributed by atoms with Crippen LogP contribution in [0, 0.1) is 5.92 Å². The molecule has 1 aromatic heterocycles. The Labute approximate surface area is 104 Å². The van der Waals surface area contributed by atoms with E-state index < -0.39 is 0 Å². The second-order valence-electron chi connectivity index (χ2n) is 4.58. The van der Waals surface area contributed by atoms with Crippen LogP contribution in [0.3, 0.4) is 0 Å². The molecule has 0 unspecified atom stereocenters. The van der Waals surface area contributed by atoms with Gasteiger partial charge in [0.15, 0.2) is 5.78 Å². The first-order valence-corrected chi connectivity index (χ1v) is 6.80. The van der Waals surface area contributed by atoms with Gasteiger partial charge in [0.25, 0.3) is 0 Å². The van der Waals surface area contributed by atoms with Crippen molar-refractivity contribution in [1.82, 2.24) is 9.78 Å². The zero-order valence-corrected chi connectivity index (χ0v) is 11.3. The Morgan fingerprint density at radius 2 is 1.88 bits per heavy atom. The van der Waals surface area contributed by atoms with E-state index >= 15 is 0 Å². The van der Waals surface area contributed by atoms with Gasteiger partial charge >= 0.3 is 0 Å². The normalized spacial score (nSPS) is 11.1. The number of nitrogens with zero attached hydrogens (tertiary/aromatic N) is 2. The lowest BCUT2D eigenvalue weighted by Gasteiger charge is -2.14. The van der Waals surface area contributed by atoms with Gasteiger partial charge in [-0.15, -0.1) is 0 Å². The van der Waals surface area contributed by atoms with Crippen molar-refractivity contribution in [3.8, 4) is 0 Å². The molecular weight excluding hydrogens is 212 g/mol. The van der Waals surface area contributed by atoms with E-state index in [0.717, 1.165) is 44.3 Å². The van der Waals surface area contributed by atoms with Crippen molar-refractivity contribution < 1.29 is 4.79 Å². The number of carbonyl (C=O) groups excluding carboxylic acids is 1. The average Bonchev–Trinajstić information content (AvgIpc) is 2.77. The maximum Gasteiger partial charge on any atom is 0.183 e. The fourth-order valence-electron chi connectivity index (χ4n) is 2.24. The van der Waals surface area contributed by atoms with Crippen LogP contribution in [0.15, 0.2) is 12.3 Å². The Morgan fingerprint density at radius 3 is 2.41 bits per heavy atom. The maximum atomic E-state index is 12.4. The molecule has 0 fully saturated rings. The number of aryl methyl sites for hydroxylation is 1. The molecular formula is C14H24N2O. The molecule has 0 bridgehead atoms. The summed E-state index contributed by atoms with van der Waals surface area (Å²) in [6, 6.07) is 1.86. The summed E-state index contributed by atoms with van der Waals surface area (Å²) >= 11 is 0. The average molecular weight is 236 g/mol. The van der Waals surface area contributed by atoms with Crippen molar-refractivity contribution in [2.75, 3.05) is 0 Å². The fraction of sp³-hybridized carbons (Fsp3) is 0.714. The molecule has 3 nitrogen and oxygen atoms in total. The Morgan fingerprint density at radius 1 is 1.24 bits per heavy atom. The summed E-state index contributed by atoms with van der Waals surface area (Å²) in [4.78, 5) is 12.4. The predicted octanol–water partition coefficient (Wildman–Crippen LogP) is 3.69. The highest BCUT2D eigenvalue weighted by Gasteiger charge is 2.21. The lowest BCUT2D eigenvalue weighted by Crippen LogP contribution is -2.19. The first kappa shape index (κ1) is 13.9. The van der Waals surface area contributed by atoms with Crippen LogP contribution in [-0.4, -0.2) is 15.6 Å². The predicted molar refractivity (Wildman–Crippen MR) is 70.2 cm³/mol. The van der Waals surface area contributed by atoms with Crippen molar-refractivity contribution in [1.29, 1.82) is 0 Å². The van der Waals surface area contributed by atoms with Crippen LogP contribution in [0.4, 0.5) is 0 Å². The van der Waals surface area contributed by atoms with Crippen LogP contribution in [0.1, 0.15) is 63.4 Å². The monoisotopic (exact) mass is 236 g/mol. The summed E-state index contributed by atoms with van der Waals surface area (Å²) in [5.41, 5.74) is 0.791. The molecule has 1 aromatic rings. The molecule has 17 heavy (non-hydrogen) atoms. The summed E-state index contributed by atoms with van der Waals surface area (Å²) in [6.07, 6.45) is 6.86. The van der Waals surface area contributed by atoms with Crippen molar-refractivity contribution in [3.05, 3.63) is 18.0 Å². The second-order valence-corrected chi connectivity index (χ2v) is 4.58. The van der Waals surface area contributed by atoms with Crippen molar-refractivity contribution >= 4 is 5.78 Å². The Kier molecular flexibility index (Phi) is 5.95. The lowest BCUT2D eigenvalue weighted by atomic mass is 9.92. The summed E-state index contributed by atoms with van der Waals surface area (Å²) in [5.74, 6) is 0.456. The van der Waals surface area contributed by atoms with E-state index in [9.17, 15) is 4.79 Å². The van der Waals surface area contributed by atoms with E-state index in [1.54, 1.807) is 6.20 Å². The van der Waals surface area contributed by atoms with Gasteiger partial charge in [0.05, 0.1) is 0 Å². The molecule has 96 valence electrons. The summed E-state index contributed by atoms with van der Waals surface area (Å²) in [5, 5.41) is 4.23. The van der Waals surface area contributed by atoms with Gasteiger partial charge in [-0.2, -0.15) is 5.10 Å². The largest absolute Gasteiger partial charge is 0.292 e. The highest BCUT2D eigenvalue weighted by Crippen LogP contribution is 2.19. The molecule has 0 aliphatic heterocycles. The zero-order valence-electron chi connectivity index (χ0n) is 11.3. The van der Waals surface area contributed by atoms with E-state index in [4.69, 9.17) is 0 Å². The molecule has 3 heteroatoms. The summed E-state index contributed by atoms with van der Waals surface area (Å²) < 4.78 is 1.85. The lowest BCUT2D eigenvalue weighted by molar-refractivity contribution is 0.0893. The van der Waals surface area contributed by atoms with Gasteiger partial charge in [0, 0.05) is 18.7 Å². The SMILES string of the molecule is CCCC(CCC)C(=O)c1ccnn1CCC. The van der Waals surface area contributed by atoms with E-state index in [1.165, 1.54) is 0 Å². The third-order valence-corrected chi connectivity index (χ3v) is 3.05. The van der Waals surface area contributed by atoms with Crippen molar-refractivity contribution in [3.63, 3.8) is 0 Å². The van der Waals surface area contributed by atoms with Gasteiger partial charge in [-0.05, 0) is 25.3 Å². The standard InChI is InChI=1S/C14H24N2O/c1-4-7-12(8-5-2)14(17)13-9-10-15-16(13)11-6-3/h9-10,12H,4-8,11H2,1-3H3. The van der Waals surface area contributed by atoms with Crippen molar-refractivity contribution in [2.24, 2.45) is 5.92 Å². The molecule has 0 aliphatic carbocycles. The molecule has 0 spiro atoms. The van der Waals surface area contributed by atoms with Crippen LogP contribution in [0.25, 0.3) is 0 Å². The van der Waals surface area contributed by atoms with Gasteiger partial charge in [-0.25, -0.2) is 0 Å². The van der Waals surface area contributed by atoms with Crippen LogP contribution < -0.4 is 0 Å². The molecule has 0 radical (unpaired) electrons. The molecule has 1 rings (SSSR count). The number of Topliss-reactive ketones (excluding diaryl/α,β-unsaturated/α-hetero) is 1. The van der Waals surface area contributed by atoms with E-state index in [0.29, 0.717) is 0 Å². The molecule has 0 N–H and O–H groups in total. The minimum atomic E-state index is 0.178.